The standard InChI is InChI=1S/C10H11N3.C10H7N3.C9H10N4.C9H6N4.C9H10N4.C9H6N4.C7H4FN.C3H4N2.C2H3N3/c2*11-7-9-3-1-2-4-10(9)13-6-5-12-8-13;2*10-5-8-3-1-2-4-9(8)13-6-11-12-7-13;2*10-5-8-3-1-2-4-9(8)13-7-11-6-12-13;8-7-4-2-1-3-6(7)5-9;1-2-5-3-4-1;1-3-2-5-4-1/h1-6,8H,7,11H2;1-6,8H;1-4,6-7H,5,10H2;1-4,6-7H;1-4,6-7H,5,10H2;1-4,6-7H;1-4H;1-3H,(H,4,5);1-2H,(H,3,4,5). The van der Waals surface area contributed by atoms with Gasteiger partial charge in [0.25, 0.3) is 0 Å². The van der Waals surface area contributed by atoms with E-state index in [4.69, 9.17) is 38.2 Å². The van der Waals surface area contributed by atoms with Gasteiger partial charge in [-0.05, 0) is 83.4 Å². The maximum atomic E-state index is 12.4. The van der Waals surface area contributed by atoms with Gasteiger partial charge in [-0.25, -0.2) is 43.7 Å². The number of aromatic amines is 2. The normalized spacial score (nSPS) is 9.53. The van der Waals surface area contributed by atoms with Gasteiger partial charge in [-0.2, -0.15) is 36.3 Å². The average Bonchev–Trinajstić information content (AvgIpc) is 2.06. The van der Waals surface area contributed by atoms with E-state index in [9.17, 15) is 4.39 Å². The molecule has 8 aromatic heterocycles. The van der Waals surface area contributed by atoms with Gasteiger partial charge in [0.1, 0.15) is 93.4 Å². The highest BCUT2D eigenvalue weighted by atomic mass is 19.1. The molecule has 7 aromatic carbocycles. The van der Waals surface area contributed by atoms with E-state index in [0.29, 0.717) is 36.3 Å². The molecule has 0 aliphatic rings. The lowest BCUT2D eigenvalue weighted by atomic mass is 10.2. The van der Waals surface area contributed by atoms with Crippen LogP contribution >= 0.6 is 0 Å². The number of nitriles is 4. The van der Waals surface area contributed by atoms with Gasteiger partial charge in [-0.15, -0.1) is 20.4 Å². The number of hydrogen-bond acceptors (Lipinski definition) is 20. The van der Waals surface area contributed by atoms with Crippen molar-refractivity contribution in [1.29, 1.82) is 21.0 Å². The van der Waals surface area contributed by atoms with E-state index in [1.165, 1.54) is 37.4 Å². The summed E-state index contributed by atoms with van der Waals surface area (Å²) in [4.78, 5) is 25.6. The molecule has 15 rings (SSSR count). The lowest BCUT2D eigenvalue weighted by Crippen LogP contribution is -2.04. The summed E-state index contributed by atoms with van der Waals surface area (Å²) in [6, 6.07) is 59.7. The van der Waals surface area contributed by atoms with E-state index in [1.807, 2.05) is 153 Å². The Hall–Kier alpha value is -14.4. The SMILES string of the molecule is N#Cc1ccccc1-n1ccnc1.N#Cc1ccccc1-n1cncn1.N#Cc1ccccc1-n1cnnc1.N#Cc1ccccc1F.NCc1ccccc1-n1ccnc1.NCc1ccccc1-n1cncn1.NCc1ccccc1-n1cnnc1.c1c[nH]cn1.c1nc[nH]n1. The van der Waals surface area contributed by atoms with E-state index in [2.05, 4.69) is 93.9 Å². The van der Waals surface area contributed by atoms with Gasteiger partial charge >= 0.3 is 0 Å². The van der Waals surface area contributed by atoms with Gasteiger partial charge < -0.3 is 31.3 Å². The summed E-state index contributed by atoms with van der Waals surface area (Å²) >= 11 is 0. The molecule has 0 fully saturated rings. The van der Waals surface area contributed by atoms with Crippen molar-refractivity contribution in [2.75, 3.05) is 0 Å². The highest BCUT2D eigenvalue weighted by molar-refractivity contribution is 5.50. The Balaban J connectivity index is 0.000000156. The van der Waals surface area contributed by atoms with Crippen molar-refractivity contribution in [2.45, 2.75) is 19.6 Å². The molecule has 0 atom stereocenters. The van der Waals surface area contributed by atoms with E-state index < -0.39 is 5.82 Å². The zero-order chi connectivity index (χ0) is 68.3. The van der Waals surface area contributed by atoms with Crippen LogP contribution in [0.2, 0.25) is 0 Å². The van der Waals surface area contributed by atoms with Crippen molar-refractivity contribution in [3.8, 4) is 58.4 Å². The van der Waals surface area contributed by atoms with Gasteiger partial charge in [-0.1, -0.05) is 103 Å². The Morgan fingerprint density at radius 2 is 0.753 bits per heavy atom. The molecule has 0 amide bonds. The van der Waals surface area contributed by atoms with Crippen LogP contribution < -0.4 is 17.2 Å². The molecule has 0 spiro atoms. The molecule has 8 heterocycles. The molecule has 0 saturated carbocycles. The highest BCUT2D eigenvalue weighted by Gasteiger charge is 2.06. The quantitative estimate of drug-likeness (QED) is 0.0901. The number of nitrogens with one attached hydrogen (secondary N) is 2. The minimum absolute atomic E-state index is 0.0949. The highest BCUT2D eigenvalue weighted by Crippen LogP contribution is 2.17. The van der Waals surface area contributed by atoms with Crippen molar-refractivity contribution in [1.82, 2.24) is 103 Å². The van der Waals surface area contributed by atoms with E-state index in [1.54, 1.807) is 132 Å². The van der Waals surface area contributed by atoms with Gasteiger partial charge in [-0.3, -0.25) is 14.2 Å². The van der Waals surface area contributed by atoms with Crippen LogP contribution in [0.25, 0.3) is 34.1 Å². The van der Waals surface area contributed by atoms with Gasteiger partial charge in [0, 0.05) is 56.8 Å². The van der Waals surface area contributed by atoms with Crippen LogP contribution in [0.3, 0.4) is 0 Å². The van der Waals surface area contributed by atoms with Crippen LogP contribution in [0.4, 0.5) is 4.39 Å². The first-order valence-corrected chi connectivity index (χ1v) is 28.9. The summed E-state index contributed by atoms with van der Waals surface area (Å²) in [5.74, 6) is -0.458. The second kappa shape index (κ2) is 40.4. The van der Waals surface area contributed by atoms with Crippen LogP contribution in [0.15, 0.2) is 289 Å². The van der Waals surface area contributed by atoms with Crippen LogP contribution in [0, 0.1) is 51.1 Å². The summed E-state index contributed by atoms with van der Waals surface area (Å²) in [6.07, 6.45) is 31.3. The maximum Gasteiger partial charge on any atom is 0.140 e. The predicted octanol–water partition coefficient (Wildman–Crippen LogP) is 8.72. The Bertz CT molecular complexity index is 4270. The number of nitrogens with zero attached hydrogens (tertiary/aromatic N) is 23. The number of aromatic nitrogens is 21. The summed E-state index contributed by atoms with van der Waals surface area (Å²) in [7, 11) is 0. The number of H-pyrrole nitrogens is 2. The molecular formula is C68H61FN28. The van der Waals surface area contributed by atoms with Crippen LogP contribution in [0.5, 0.6) is 0 Å². The monoisotopic (exact) mass is 1290 g/mol. The van der Waals surface area contributed by atoms with Gasteiger partial charge in [0.2, 0.25) is 0 Å². The zero-order valence-corrected chi connectivity index (χ0v) is 51.7. The second-order valence-corrected chi connectivity index (χ2v) is 18.7. The molecule has 0 radical (unpaired) electrons. The molecule has 28 nitrogen and oxygen atoms in total. The number of imidazole rings is 3. The number of rotatable bonds is 9. The molecule has 15 aromatic rings. The molecular weight excluding hydrogens is 1230 g/mol. The molecule has 0 unspecified atom stereocenters. The summed E-state index contributed by atoms with van der Waals surface area (Å²) in [6.45, 7) is 1.58. The Morgan fingerprint density at radius 3 is 1.12 bits per heavy atom. The molecule has 0 aliphatic carbocycles. The van der Waals surface area contributed by atoms with Gasteiger partial charge in [0.05, 0.1) is 75.4 Å². The summed E-state index contributed by atoms with van der Waals surface area (Å²) in [5, 5.41) is 63.5. The fourth-order valence-corrected chi connectivity index (χ4v) is 8.18. The van der Waals surface area contributed by atoms with Crippen LogP contribution in [0.1, 0.15) is 38.9 Å². The largest absolute Gasteiger partial charge is 0.351 e. The third-order valence-electron chi connectivity index (χ3n) is 12.7. The first-order chi connectivity index (χ1) is 47.8. The Labute approximate surface area is 555 Å². The van der Waals surface area contributed by atoms with Crippen LogP contribution in [-0.2, 0) is 19.6 Å². The molecule has 0 saturated heterocycles. The smallest absolute Gasteiger partial charge is 0.140 e. The number of benzene rings is 7. The van der Waals surface area contributed by atoms with Gasteiger partial charge in [0.15, 0.2) is 0 Å². The predicted molar refractivity (Wildman–Crippen MR) is 356 cm³/mol. The molecule has 97 heavy (non-hydrogen) atoms. The zero-order valence-electron chi connectivity index (χ0n) is 51.7. The molecule has 29 heteroatoms. The summed E-state index contributed by atoms with van der Waals surface area (Å²) < 4.78 is 23.0. The van der Waals surface area contributed by atoms with Crippen molar-refractivity contribution in [2.24, 2.45) is 17.2 Å². The van der Waals surface area contributed by atoms with Crippen molar-refractivity contribution < 1.29 is 4.39 Å². The molecule has 0 aliphatic heterocycles. The number of para-hydroxylation sites is 6. The number of nitrogens with two attached hydrogens (primary N) is 3. The maximum absolute atomic E-state index is 12.4. The van der Waals surface area contributed by atoms with Crippen molar-refractivity contribution >= 4 is 0 Å². The molecule has 0 bridgehead atoms. The van der Waals surface area contributed by atoms with Crippen molar-refractivity contribution in [3.63, 3.8) is 0 Å². The molecule has 8 N–H and O–H groups in total. The lowest BCUT2D eigenvalue weighted by molar-refractivity contribution is 0.624. The van der Waals surface area contributed by atoms with E-state index in [-0.39, 0.29) is 5.56 Å². The fourth-order valence-electron chi connectivity index (χ4n) is 8.18. The molecule has 480 valence electrons. The minimum atomic E-state index is -0.458. The third kappa shape index (κ3) is 22.2. The van der Waals surface area contributed by atoms with E-state index >= 15 is 0 Å². The first kappa shape index (κ1) is 70.1. The third-order valence-corrected chi connectivity index (χ3v) is 12.7. The van der Waals surface area contributed by atoms with Crippen molar-refractivity contribution in [3.05, 3.63) is 334 Å². The van der Waals surface area contributed by atoms with Crippen LogP contribution in [-0.4, -0.2) is 103 Å². The first-order valence-electron chi connectivity index (χ1n) is 28.9. The van der Waals surface area contributed by atoms with E-state index in [0.717, 1.165) is 50.8 Å². The number of hydrogen-bond donors (Lipinski definition) is 5. The fraction of sp³-hybridized carbons (Fsp3) is 0.0441. The number of halogens is 1. The topological polar surface area (TPSA) is 402 Å². The minimum Gasteiger partial charge on any atom is -0.351 e. The second-order valence-electron chi connectivity index (χ2n) is 18.7. The summed E-state index contributed by atoms with van der Waals surface area (Å²) in [5.41, 5.74) is 27.6. The average molecular weight is 1290 g/mol. The Morgan fingerprint density at radius 1 is 0.361 bits per heavy atom. The Kier molecular flexibility index (Phi) is 29.2. The lowest BCUT2D eigenvalue weighted by Gasteiger charge is -2.06.